The van der Waals surface area contributed by atoms with Crippen LogP contribution < -0.4 is 23.7 Å². The number of nitrogens with zero attached hydrogens (tertiary/aromatic N) is 2. The topological polar surface area (TPSA) is 108 Å². The fourth-order valence-electron chi connectivity index (χ4n) is 3.59. The van der Waals surface area contributed by atoms with Crippen molar-refractivity contribution >= 4 is 43.2 Å². The van der Waals surface area contributed by atoms with Crippen molar-refractivity contribution in [3.05, 3.63) is 83.7 Å². The third-order valence-electron chi connectivity index (χ3n) is 5.45. The van der Waals surface area contributed by atoms with Gasteiger partial charge < -0.3 is 18.8 Å². The van der Waals surface area contributed by atoms with Gasteiger partial charge in [0.2, 0.25) is 0 Å². The highest BCUT2D eigenvalue weighted by molar-refractivity contribution is 7.92. The van der Waals surface area contributed by atoms with Gasteiger partial charge in [-0.15, -0.1) is 6.58 Å². The van der Waals surface area contributed by atoms with E-state index >= 15 is 0 Å². The van der Waals surface area contributed by atoms with Gasteiger partial charge in [0.05, 0.1) is 36.4 Å². The summed E-state index contributed by atoms with van der Waals surface area (Å²) in [6.45, 7) is 4.24. The summed E-state index contributed by atoms with van der Waals surface area (Å²) in [4.78, 5) is 17.9. The maximum absolute atomic E-state index is 13.0. The molecule has 0 aliphatic heterocycles. The van der Waals surface area contributed by atoms with E-state index in [-0.39, 0.29) is 4.90 Å². The van der Waals surface area contributed by atoms with Crippen LogP contribution in [0.4, 0.5) is 5.69 Å². The number of hydrogen-bond donors (Lipinski definition) is 1. The molecule has 0 aliphatic carbocycles. The summed E-state index contributed by atoms with van der Waals surface area (Å²) >= 11 is 1.34. The van der Waals surface area contributed by atoms with Crippen LogP contribution in [0.1, 0.15) is 10.4 Å². The van der Waals surface area contributed by atoms with Crippen LogP contribution in [0.25, 0.3) is 10.2 Å². The molecule has 0 bridgehead atoms. The minimum Gasteiger partial charge on any atom is -0.497 e. The van der Waals surface area contributed by atoms with E-state index in [1.54, 1.807) is 32.4 Å². The van der Waals surface area contributed by atoms with Gasteiger partial charge in [-0.1, -0.05) is 17.4 Å². The molecule has 1 heterocycles. The van der Waals surface area contributed by atoms with Gasteiger partial charge in [-0.2, -0.15) is 4.99 Å². The van der Waals surface area contributed by atoms with Crippen molar-refractivity contribution < 1.29 is 27.4 Å². The van der Waals surface area contributed by atoms with Gasteiger partial charge in [-0.3, -0.25) is 9.52 Å². The number of aromatic nitrogens is 1. The molecule has 37 heavy (non-hydrogen) atoms. The number of thiazole rings is 1. The molecular weight excluding hydrogens is 514 g/mol. The molecule has 0 atom stereocenters. The van der Waals surface area contributed by atoms with Crippen molar-refractivity contribution in [3.8, 4) is 17.2 Å². The number of fused-ring (bicyclic) bond motifs is 1. The van der Waals surface area contributed by atoms with Gasteiger partial charge in [0.25, 0.3) is 15.9 Å². The van der Waals surface area contributed by atoms with Crippen LogP contribution in [0.5, 0.6) is 17.2 Å². The number of nitrogens with one attached hydrogen (secondary N) is 1. The first kappa shape index (κ1) is 26.0. The van der Waals surface area contributed by atoms with Gasteiger partial charge in [0.15, 0.2) is 16.3 Å². The highest BCUT2D eigenvalue weighted by Gasteiger charge is 2.16. The summed E-state index contributed by atoms with van der Waals surface area (Å²) in [6, 6.07) is 15.8. The summed E-state index contributed by atoms with van der Waals surface area (Å²) in [7, 11) is 0.820. The van der Waals surface area contributed by atoms with Crippen molar-refractivity contribution in [1.29, 1.82) is 0 Å². The number of ether oxygens (including phenoxy) is 3. The average Bonchev–Trinajstić information content (AvgIpc) is 3.23. The molecule has 0 radical (unpaired) electrons. The predicted molar refractivity (Wildman–Crippen MR) is 143 cm³/mol. The molecule has 0 saturated carbocycles. The predicted octanol–water partition coefficient (Wildman–Crippen LogP) is 4.46. The molecule has 9 nitrogen and oxygen atoms in total. The van der Waals surface area contributed by atoms with E-state index in [0.717, 1.165) is 10.2 Å². The number of benzene rings is 3. The third kappa shape index (κ3) is 5.52. The van der Waals surface area contributed by atoms with Crippen molar-refractivity contribution in [3.63, 3.8) is 0 Å². The zero-order valence-corrected chi connectivity index (χ0v) is 22.1. The van der Waals surface area contributed by atoms with E-state index in [4.69, 9.17) is 14.2 Å². The van der Waals surface area contributed by atoms with E-state index < -0.39 is 15.9 Å². The molecule has 0 unspecified atom stereocenters. The molecule has 0 saturated heterocycles. The van der Waals surface area contributed by atoms with Crippen LogP contribution in [0, 0.1) is 0 Å². The van der Waals surface area contributed by atoms with E-state index in [1.807, 2.05) is 16.7 Å². The van der Waals surface area contributed by atoms with Crippen LogP contribution in [0.2, 0.25) is 0 Å². The number of methoxy groups -OCH3 is 3. The minimum absolute atomic E-state index is 0.0910. The lowest BCUT2D eigenvalue weighted by atomic mass is 10.2. The first-order valence-corrected chi connectivity index (χ1v) is 13.3. The van der Waals surface area contributed by atoms with Gasteiger partial charge >= 0.3 is 0 Å². The average molecular weight is 540 g/mol. The SMILES string of the molecule is C=CCn1c(=NC(=O)c2ccc(NS(=O)(=O)c3ccc(OC)cc3)cc2)sc2cc(OC)c(OC)cc21. The number of carbonyl (C=O) groups is 1. The fourth-order valence-corrected chi connectivity index (χ4v) is 5.70. The zero-order chi connectivity index (χ0) is 26.6. The lowest BCUT2D eigenvalue weighted by molar-refractivity contribution is 0.0998. The molecule has 0 fully saturated rings. The quantitative estimate of drug-likeness (QED) is 0.315. The molecular formula is C26H25N3O6S2. The number of allylic oxidation sites excluding steroid dienone is 1. The third-order valence-corrected chi connectivity index (χ3v) is 7.89. The number of hydrogen-bond acceptors (Lipinski definition) is 7. The Morgan fingerprint density at radius 2 is 1.65 bits per heavy atom. The standard InChI is InChI=1S/C26H25N3O6S2/c1-5-14-29-21-15-22(34-3)23(35-4)16-24(21)36-26(29)27-25(30)17-6-8-18(9-7-17)28-37(31,32)20-12-10-19(33-2)11-13-20/h5-13,15-16,28H,1,14H2,2-4H3. The molecule has 1 amide bonds. The van der Waals surface area contributed by atoms with Gasteiger partial charge in [0, 0.05) is 29.9 Å². The van der Waals surface area contributed by atoms with Crippen molar-refractivity contribution in [2.75, 3.05) is 26.1 Å². The number of amides is 1. The van der Waals surface area contributed by atoms with Crippen LogP contribution in [-0.4, -0.2) is 40.2 Å². The monoisotopic (exact) mass is 539 g/mol. The Hall–Kier alpha value is -4.09. The number of carbonyl (C=O) groups excluding carboxylic acids is 1. The molecule has 3 aromatic carbocycles. The normalized spacial score (nSPS) is 11.8. The fraction of sp³-hybridized carbons (Fsp3) is 0.154. The first-order chi connectivity index (χ1) is 17.8. The van der Waals surface area contributed by atoms with Gasteiger partial charge in [-0.05, 0) is 48.5 Å². The summed E-state index contributed by atoms with van der Waals surface area (Å²) < 4.78 is 46.4. The van der Waals surface area contributed by atoms with E-state index in [2.05, 4.69) is 16.3 Å². The molecule has 1 N–H and O–H groups in total. The van der Waals surface area contributed by atoms with Crippen molar-refractivity contribution in [1.82, 2.24) is 4.57 Å². The molecule has 4 aromatic rings. The van der Waals surface area contributed by atoms with Crippen LogP contribution in [0.15, 0.2) is 83.2 Å². The zero-order valence-electron chi connectivity index (χ0n) is 20.4. The van der Waals surface area contributed by atoms with Gasteiger partial charge in [-0.25, -0.2) is 8.42 Å². The lowest BCUT2D eigenvalue weighted by Gasteiger charge is -2.09. The molecule has 0 aliphatic rings. The molecule has 11 heteroatoms. The van der Waals surface area contributed by atoms with Crippen LogP contribution in [-0.2, 0) is 16.6 Å². The van der Waals surface area contributed by atoms with E-state index in [9.17, 15) is 13.2 Å². The second-order valence-electron chi connectivity index (χ2n) is 7.73. The Morgan fingerprint density at radius 1 is 1.00 bits per heavy atom. The lowest BCUT2D eigenvalue weighted by Crippen LogP contribution is -2.16. The number of rotatable bonds is 9. The minimum atomic E-state index is -3.80. The summed E-state index contributed by atoms with van der Waals surface area (Å²) in [5.74, 6) is 1.23. The number of anilines is 1. The van der Waals surface area contributed by atoms with E-state index in [1.165, 1.54) is 54.8 Å². The Kier molecular flexibility index (Phi) is 7.65. The molecule has 192 valence electrons. The maximum atomic E-state index is 13.0. The summed E-state index contributed by atoms with van der Waals surface area (Å²) in [5.41, 5.74) is 1.46. The molecule has 4 rings (SSSR count). The Morgan fingerprint density at radius 3 is 2.24 bits per heavy atom. The summed E-state index contributed by atoms with van der Waals surface area (Å²) in [5, 5.41) is 0. The van der Waals surface area contributed by atoms with Crippen molar-refractivity contribution in [2.45, 2.75) is 11.4 Å². The first-order valence-electron chi connectivity index (χ1n) is 11.0. The summed E-state index contributed by atoms with van der Waals surface area (Å²) in [6.07, 6.45) is 1.72. The van der Waals surface area contributed by atoms with E-state index in [0.29, 0.717) is 39.8 Å². The van der Waals surface area contributed by atoms with Crippen LogP contribution >= 0.6 is 11.3 Å². The molecule has 1 aromatic heterocycles. The smallest absolute Gasteiger partial charge is 0.279 e. The Bertz CT molecular complexity index is 1620. The van der Waals surface area contributed by atoms with Gasteiger partial charge in [0.1, 0.15) is 5.75 Å². The van der Waals surface area contributed by atoms with Crippen LogP contribution in [0.3, 0.4) is 0 Å². The maximum Gasteiger partial charge on any atom is 0.279 e. The highest BCUT2D eigenvalue weighted by Crippen LogP contribution is 2.33. The molecule has 0 spiro atoms. The largest absolute Gasteiger partial charge is 0.497 e. The second-order valence-corrected chi connectivity index (χ2v) is 10.4. The highest BCUT2D eigenvalue weighted by atomic mass is 32.2. The Balaban J connectivity index is 1.62. The Labute approximate surface area is 218 Å². The van der Waals surface area contributed by atoms with Crippen molar-refractivity contribution in [2.24, 2.45) is 4.99 Å². The second kappa shape index (κ2) is 10.9. The number of sulfonamides is 1.